The summed E-state index contributed by atoms with van der Waals surface area (Å²) >= 11 is 0. The first-order valence-electron chi connectivity index (χ1n) is 11.4. The molecule has 2 atom stereocenters. The summed E-state index contributed by atoms with van der Waals surface area (Å²) in [6.45, 7) is 6.07. The van der Waals surface area contributed by atoms with Crippen LogP contribution in [0, 0.1) is 5.82 Å². The Balaban J connectivity index is 1.35. The molecule has 32 heavy (non-hydrogen) atoms. The molecule has 0 aliphatic carbocycles. The smallest absolute Gasteiger partial charge is 0.165 e. The highest BCUT2D eigenvalue weighted by Crippen LogP contribution is 2.28. The Hall–Kier alpha value is -2.47. The molecule has 3 N–H and O–H groups in total. The number of benzene rings is 3. The number of rotatable bonds is 8. The molecule has 0 bridgehead atoms. The number of β-amino-alcohol motifs (C(OH)–C–C–N with tert-alkyl or cyclic N) is 1. The maximum Gasteiger partial charge on any atom is 0.165 e. The first-order chi connectivity index (χ1) is 15.3. The minimum atomic E-state index is -0.601. The number of phenols is 1. The largest absolute Gasteiger partial charge is 0.505 e. The fourth-order valence-electron chi connectivity index (χ4n) is 4.83. The molecule has 1 aliphatic rings. The van der Waals surface area contributed by atoms with Gasteiger partial charge in [-0.25, -0.2) is 4.39 Å². The number of aliphatic hydroxyl groups excluding tert-OH is 1. The second-order valence-electron chi connectivity index (χ2n) is 9.62. The summed E-state index contributed by atoms with van der Waals surface area (Å²) in [5.74, 6) is -0.891. The van der Waals surface area contributed by atoms with Gasteiger partial charge in [0, 0.05) is 30.2 Å². The Morgan fingerprint density at radius 2 is 1.88 bits per heavy atom. The van der Waals surface area contributed by atoms with Gasteiger partial charge in [-0.2, -0.15) is 0 Å². The molecule has 1 fully saturated rings. The lowest BCUT2D eigenvalue weighted by Gasteiger charge is -2.33. The fraction of sp³-hybridized carbons (Fsp3) is 0.407. The molecule has 3 aromatic carbocycles. The third kappa shape index (κ3) is 5.29. The third-order valence-electron chi connectivity index (χ3n) is 6.55. The third-order valence-corrected chi connectivity index (χ3v) is 6.55. The van der Waals surface area contributed by atoms with Crippen molar-refractivity contribution in [1.29, 1.82) is 0 Å². The molecule has 0 unspecified atom stereocenters. The summed E-state index contributed by atoms with van der Waals surface area (Å²) in [7, 11) is 0. The summed E-state index contributed by atoms with van der Waals surface area (Å²) in [5.41, 5.74) is 1.65. The summed E-state index contributed by atoms with van der Waals surface area (Å²) in [5, 5.41) is 27.0. The van der Waals surface area contributed by atoms with Crippen molar-refractivity contribution in [1.82, 2.24) is 10.2 Å². The summed E-state index contributed by atoms with van der Waals surface area (Å²) in [6, 6.07) is 19.5. The predicted octanol–water partition coefficient (Wildman–Crippen LogP) is 4.62. The summed E-state index contributed by atoms with van der Waals surface area (Å²) in [6.07, 6.45) is 2.20. The molecular formula is C27H33FN2O2. The zero-order chi connectivity index (χ0) is 22.7. The molecule has 0 spiro atoms. The predicted molar refractivity (Wildman–Crippen MR) is 127 cm³/mol. The van der Waals surface area contributed by atoms with E-state index in [1.165, 1.54) is 22.4 Å². The van der Waals surface area contributed by atoms with Gasteiger partial charge in [0.05, 0.1) is 6.10 Å². The fourth-order valence-corrected chi connectivity index (χ4v) is 4.83. The van der Waals surface area contributed by atoms with Gasteiger partial charge >= 0.3 is 0 Å². The molecule has 1 heterocycles. The van der Waals surface area contributed by atoms with Crippen LogP contribution < -0.4 is 5.32 Å². The van der Waals surface area contributed by atoms with Gasteiger partial charge in [0.15, 0.2) is 11.6 Å². The van der Waals surface area contributed by atoms with E-state index in [0.717, 1.165) is 25.8 Å². The highest BCUT2D eigenvalue weighted by atomic mass is 19.1. The van der Waals surface area contributed by atoms with E-state index in [0.29, 0.717) is 18.7 Å². The van der Waals surface area contributed by atoms with E-state index in [2.05, 4.69) is 66.5 Å². The molecule has 0 aromatic heterocycles. The summed E-state index contributed by atoms with van der Waals surface area (Å²) in [4.78, 5) is 2.15. The van der Waals surface area contributed by atoms with Crippen LogP contribution >= 0.6 is 0 Å². The number of nitrogens with zero attached hydrogens (tertiary/aromatic N) is 1. The highest BCUT2D eigenvalue weighted by Gasteiger charge is 2.32. The molecule has 1 aliphatic heterocycles. The van der Waals surface area contributed by atoms with Crippen molar-refractivity contribution in [3.63, 3.8) is 0 Å². The van der Waals surface area contributed by atoms with Crippen LogP contribution in [-0.2, 0) is 13.0 Å². The van der Waals surface area contributed by atoms with Crippen molar-refractivity contribution in [3.05, 3.63) is 77.6 Å². The van der Waals surface area contributed by atoms with Crippen molar-refractivity contribution in [2.24, 2.45) is 0 Å². The molecule has 4 rings (SSSR count). The van der Waals surface area contributed by atoms with Crippen molar-refractivity contribution in [3.8, 4) is 5.75 Å². The molecule has 170 valence electrons. The Kier molecular flexibility index (Phi) is 6.79. The topological polar surface area (TPSA) is 55.7 Å². The second-order valence-corrected chi connectivity index (χ2v) is 9.62. The van der Waals surface area contributed by atoms with Crippen molar-refractivity contribution >= 4 is 10.8 Å². The van der Waals surface area contributed by atoms with E-state index in [1.54, 1.807) is 12.1 Å². The number of hydrogen-bond acceptors (Lipinski definition) is 4. The molecule has 0 amide bonds. The van der Waals surface area contributed by atoms with E-state index in [4.69, 9.17) is 0 Å². The summed E-state index contributed by atoms with van der Waals surface area (Å²) < 4.78 is 13.7. The van der Waals surface area contributed by atoms with E-state index >= 15 is 0 Å². The number of aliphatic hydroxyl groups is 1. The number of fused-ring (bicyclic) bond motifs is 1. The van der Waals surface area contributed by atoms with E-state index in [1.807, 2.05) is 0 Å². The van der Waals surface area contributed by atoms with Crippen LogP contribution in [0.1, 0.15) is 37.8 Å². The van der Waals surface area contributed by atoms with Gasteiger partial charge in [0.2, 0.25) is 0 Å². The first kappa shape index (κ1) is 22.7. The van der Waals surface area contributed by atoms with Crippen LogP contribution in [0.5, 0.6) is 5.75 Å². The maximum absolute atomic E-state index is 13.7. The number of halogens is 1. The van der Waals surface area contributed by atoms with Gasteiger partial charge in [-0.05, 0) is 62.1 Å². The Labute approximate surface area is 189 Å². The molecule has 1 saturated heterocycles. The van der Waals surface area contributed by atoms with Gasteiger partial charge in [-0.1, -0.05) is 54.6 Å². The average molecular weight is 437 g/mol. The number of hydrogen-bond donors (Lipinski definition) is 3. The van der Waals surface area contributed by atoms with Crippen LogP contribution in [0.25, 0.3) is 10.8 Å². The van der Waals surface area contributed by atoms with Gasteiger partial charge < -0.3 is 15.5 Å². The van der Waals surface area contributed by atoms with Crippen LogP contribution in [0.15, 0.2) is 60.7 Å². The zero-order valence-corrected chi connectivity index (χ0v) is 18.9. The average Bonchev–Trinajstić information content (AvgIpc) is 3.23. The number of para-hydroxylation sites is 1. The van der Waals surface area contributed by atoms with Crippen molar-refractivity contribution in [2.75, 3.05) is 13.1 Å². The van der Waals surface area contributed by atoms with E-state index in [9.17, 15) is 14.6 Å². The lowest BCUT2D eigenvalue weighted by Crippen LogP contribution is -2.50. The standard InChI is InChI=1S/C27H33FN2O2/c1-27(2,16-19-12-13-20-7-3-4-8-21(20)15-19)29-17-25(31)24-11-6-14-30(24)18-22-9-5-10-23(28)26(22)32/h3-5,7-10,12-13,15,24-25,29,31-32H,6,11,14,16-18H2,1-2H3/t24-,25-/m1/s1. The SMILES string of the molecule is CC(C)(Cc1ccc2ccccc2c1)NC[C@@H](O)[C@H]1CCCN1Cc1cccc(F)c1O. The van der Waals surface area contributed by atoms with Crippen molar-refractivity contribution < 1.29 is 14.6 Å². The monoisotopic (exact) mass is 436 g/mol. The molecular weight excluding hydrogens is 403 g/mol. The van der Waals surface area contributed by atoms with Gasteiger partial charge in [0.1, 0.15) is 0 Å². The van der Waals surface area contributed by atoms with E-state index < -0.39 is 11.9 Å². The van der Waals surface area contributed by atoms with Gasteiger partial charge in [0.25, 0.3) is 0 Å². The van der Waals surface area contributed by atoms with E-state index in [-0.39, 0.29) is 17.3 Å². The van der Waals surface area contributed by atoms with Crippen LogP contribution in [-0.4, -0.2) is 45.9 Å². The Morgan fingerprint density at radius 3 is 2.69 bits per heavy atom. The minimum Gasteiger partial charge on any atom is -0.505 e. The van der Waals surface area contributed by atoms with Crippen molar-refractivity contribution in [2.45, 2.75) is 57.3 Å². The van der Waals surface area contributed by atoms with Crippen LogP contribution in [0.4, 0.5) is 4.39 Å². The zero-order valence-electron chi connectivity index (χ0n) is 18.9. The molecule has 0 radical (unpaired) electrons. The van der Waals surface area contributed by atoms with Crippen LogP contribution in [0.3, 0.4) is 0 Å². The second kappa shape index (κ2) is 9.57. The number of phenolic OH excluding ortho intramolecular Hbond substituents is 1. The molecule has 4 nitrogen and oxygen atoms in total. The quantitative estimate of drug-likeness (QED) is 0.482. The van der Waals surface area contributed by atoms with Gasteiger partial charge in [-0.15, -0.1) is 0 Å². The Morgan fingerprint density at radius 1 is 1.09 bits per heavy atom. The molecule has 0 saturated carbocycles. The normalized spacial score (nSPS) is 18.3. The molecule has 3 aromatic rings. The first-order valence-corrected chi connectivity index (χ1v) is 11.4. The maximum atomic E-state index is 13.7. The number of likely N-dealkylation sites (tertiary alicyclic amines) is 1. The Bertz CT molecular complexity index is 1070. The minimum absolute atomic E-state index is 0.0124. The lowest BCUT2D eigenvalue weighted by atomic mass is 9.93. The number of aromatic hydroxyl groups is 1. The molecule has 5 heteroatoms. The number of nitrogens with one attached hydrogen (secondary N) is 1. The highest BCUT2D eigenvalue weighted by molar-refractivity contribution is 5.83. The van der Waals surface area contributed by atoms with Gasteiger partial charge in [-0.3, -0.25) is 4.90 Å². The van der Waals surface area contributed by atoms with Crippen LogP contribution in [0.2, 0.25) is 0 Å². The lowest BCUT2D eigenvalue weighted by molar-refractivity contribution is 0.0629.